The number of aliphatic hydroxyl groups excluding tert-OH is 1. The van der Waals surface area contributed by atoms with Crippen LogP contribution in [-0.4, -0.2) is 50.5 Å². The number of quaternary nitrogens is 1. The van der Waals surface area contributed by atoms with Crippen LogP contribution in [0.1, 0.15) is 25.3 Å². The van der Waals surface area contributed by atoms with Crippen molar-refractivity contribution in [1.82, 2.24) is 0 Å². The van der Waals surface area contributed by atoms with E-state index in [4.69, 9.17) is 4.74 Å². The summed E-state index contributed by atoms with van der Waals surface area (Å²) in [5.41, 5.74) is 1.30. The van der Waals surface area contributed by atoms with Gasteiger partial charge in [-0.2, -0.15) is 0 Å². The summed E-state index contributed by atoms with van der Waals surface area (Å²) in [6.07, 6.45) is 1.52. The fourth-order valence-electron chi connectivity index (χ4n) is 3.38. The molecule has 26 heavy (non-hydrogen) atoms. The van der Waals surface area contributed by atoms with Crippen molar-refractivity contribution < 1.29 is 19.7 Å². The van der Waals surface area contributed by atoms with Gasteiger partial charge in [-0.15, -0.1) is 0 Å². The first kappa shape index (κ1) is 18.7. The van der Waals surface area contributed by atoms with Gasteiger partial charge in [0.2, 0.25) is 0 Å². The number of piperazine rings is 1. The molecule has 0 unspecified atom stereocenters. The first-order valence-corrected chi connectivity index (χ1v) is 9.58. The number of anilines is 1. The van der Waals surface area contributed by atoms with Gasteiger partial charge in [0.15, 0.2) is 0 Å². The SMILES string of the molecule is CC(C)c1ccc(OC[C@@H](O)C[NH+]2CCN(c3cccc[nH+]3)CC2)cc1. The number of aromatic amines is 1. The van der Waals surface area contributed by atoms with Gasteiger partial charge in [0.25, 0.3) is 5.82 Å². The van der Waals surface area contributed by atoms with Gasteiger partial charge in [0, 0.05) is 6.07 Å². The van der Waals surface area contributed by atoms with Crippen LogP contribution in [0.2, 0.25) is 0 Å². The number of nitrogens with zero attached hydrogens (tertiary/aromatic N) is 1. The fraction of sp³-hybridized carbons (Fsp3) is 0.476. The highest BCUT2D eigenvalue weighted by Gasteiger charge is 2.27. The number of aliphatic hydroxyl groups is 1. The number of nitrogens with one attached hydrogen (secondary N) is 2. The van der Waals surface area contributed by atoms with Crippen molar-refractivity contribution in [3.05, 3.63) is 54.2 Å². The quantitative estimate of drug-likeness (QED) is 0.770. The van der Waals surface area contributed by atoms with Gasteiger partial charge < -0.3 is 14.7 Å². The second kappa shape index (κ2) is 9.01. The predicted octanol–water partition coefficient (Wildman–Crippen LogP) is 0.769. The maximum atomic E-state index is 10.3. The maximum Gasteiger partial charge on any atom is 0.274 e. The number of hydrogen-bond donors (Lipinski definition) is 2. The molecule has 5 nitrogen and oxygen atoms in total. The molecular weight excluding hydrogens is 326 g/mol. The van der Waals surface area contributed by atoms with Crippen molar-refractivity contribution in [3.63, 3.8) is 0 Å². The van der Waals surface area contributed by atoms with Crippen LogP contribution >= 0.6 is 0 Å². The lowest BCUT2D eigenvalue weighted by Gasteiger charge is -2.29. The minimum Gasteiger partial charge on any atom is -0.491 e. The van der Waals surface area contributed by atoms with E-state index in [9.17, 15) is 5.11 Å². The molecule has 2 heterocycles. The molecule has 1 aromatic carbocycles. The molecule has 3 rings (SSSR count). The highest BCUT2D eigenvalue weighted by atomic mass is 16.5. The van der Waals surface area contributed by atoms with Crippen LogP contribution in [0.5, 0.6) is 5.75 Å². The summed E-state index contributed by atoms with van der Waals surface area (Å²) >= 11 is 0. The standard InChI is InChI=1S/C21H29N3O2/c1-17(2)18-6-8-20(9-7-18)26-16-19(25)15-23-11-13-24(14-12-23)21-5-3-4-10-22-21/h3-10,17,19,25H,11-16H2,1-2H3/p+2/t19-/m0/s1. The summed E-state index contributed by atoms with van der Waals surface area (Å²) in [6.45, 7) is 9.50. The number of ether oxygens (including phenoxy) is 1. The Labute approximate surface area is 156 Å². The molecule has 1 saturated heterocycles. The van der Waals surface area contributed by atoms with E-state index >= 15 is 0 Å². The smallest absolute Gasteiger partial charge is 0.274 e. The molecule has 0 amide bonds. The van der Waals surface area contributed by atoms with Gasteiger partial charge >= 0.3 is 0 Å². The van der Waals surface area contributed by atoms with E-state index in [1.54, 1.807) is 0 Å². The molecular formula is C21H31N3O2+2. The first-order valence-electron chi connectivity index (χ1n) is 9.58. The fourth-order valence-corrected chi connectivity index (χ4v) is 3.38. The summed E-state index contributed by atoms with van der Waals surface area (Å²) in [6, 6.07) is 14.3. The Morgan fingerprint density at radius 3 is 2.46 bits per heavy atom. The zero-order valence-corrected chi connectivity index (χ0v) is 15.8. The van der Waals surface area contributed by atoms with Crippen molar-refractivity contribution in [2.75, 3.05) is 44.2 Å². The van der Waals surface area contributed by atoms with E-state index < -0.39 is 6.10 Å². The minimum absolute atomic E-state index is 0.348. The molecule has 1 aliphatic rings. The number of benzene rings is 1. The minimum atomic E-state index is -0.440. The Morgan fingerprint density at radius 1 is 1.12 bits per heavy atom. The van der Waals surface area contributed by atoms with Gasteiger partial charge in [-0.25, -0.2) is 4.98 Å². The summed E-state index contributed by atoms with van der Waals surface area (Å²) in [5.74, 6) is 2.51. The van der Waals surface area contributed by atoms with Gasteiger partial charge in [-0.05, 0) is 29.7 Å². The van der Waals surface area contributed by atoms with Crippen molar-refractivity contribution in [2.45, 2.75) is 25.9 Å². The molecule has 5 heteroatoms. The van der Waals surface area contributed by atoms with Crippen molar-refractivity contribution >= 4 is 5.82 Å². The zero-order valence-electron chi connectivity index (χ0n) is 15.8. The lowest BCUT2D eigenvalue weighted by atomic mass is 10.0. The Hall–Kier alpha value is -2.11. The van der Waals surface area contributed by atoms with E-state index in [0.29, 0.717) is 12.5 Å². The van der Waals surface area contributed by atoms with Gasteiger partial charge in [0.1, 0.15) is 51.2 Å². The molecule has 0 bridgehead atoms. The number of rotatable bonds is 7. The second-order valence-corrected chi connectivity index (χ2v) is 7.38. The number of pyridine rings is 1. The summed E-state index contributed by atoms with van der Waals surface area (Å²) in [4.78, 5) is 7.09. The van der Waals surface area contributed by atoms with Crippen LogP contribution in [0.3, 0.4) is 0 Å². The molecule has 0 saturated carbocycles. The lowest BCUT2D eigenvalue weighted by Crippen LogP contribution is -3.16. The molecule has 3 N–H and O–H groups in total. The maximum absolute atomic E-state index is 10.3. The zero-order chi connectivity index (χ0) is 18.4. The second-order valence-electron chi connectivity index (χ2n) is 7.38. The van der Waals surface area contributed by atoms with Gasteiger partial charge in [-0.3, -0.25) is 4.90 Å². The number of H-pyrrole nitrogens is 1. The van der Waals surface area contributed by atoms with Crippen LogP contribution in [0.15, 0.2) is 48.7 Å². The Morgan fingerprint density at radius 2 is 1.85 bits per heavy atom. The predicted molar refractivity (Wildman–Crippen MR) is 103 cm³/mol. The van der Waals surface area contributed by atoms with E-state index in [1.165, 1.54) is 16.3 Å². The largest absolute Gasteiger partial charge is 0.491 e. The lowest BCUT2D eigenvalue weighted by molar-refractivity contribution is -0.903. The highest BCUT2D eigenvalue weighted by Crippen LogP contribution is 2.18. The molecule has 1 fully saturated rings. The molecule has 2 aromatic rings. The highest BCUT2D eigenvalue weighted by molar-refractivity contribution is 5.32. The molecule has 0 spiro atoms. The van der Waals surface area contributed by atoms with E-state index in [1.807, 2.05) is 24.4 Å². The Kier molecular flexibility index (Phi) is 6.47. The van der Waals surface area contributed by atoms with Crippen molar-refractivity contribution in [3.8, 4) is 5.75 Å². The third-order valence-electron chi connectivity index (χ3n) is 5.02. The van der Waals surface area contributed by atoms with Crippen LogP contribution in [-0.2, 0) is 0 Å². The normalized spacial score (nSPS) is 16.7. The number of aromatic nitrogens is 1. The summed E-state index contributed by atoms with van der Waals surface area (Å²) in [5, 5.41) is 10.3. The summed E-state index contributed by atoms with van der Waals surface area (Å²) < 4.78 is 5.76. The van der Waals surface area contributed by atoms with Crippen LogP contribution in [0.4, 0.5) is 5.82 Å². The van der Waals surface area contributed by atoms with Crippen LogP contribution in [0.25, 0.3) is 0 Å². The molecule has 0 radical (unpaired) electrons. The van der Waals surface area contributed by atoms with Gasteiger partial charge in [-0.1, -0.05) is 32.0 Å². The molecule has 1 aromatic heterocycles. The first-order chi connectivity index (χ1) is 12.6. The molecule has 1 atom stereocenters. The monoisotopic (exact) mass is 357 g/mol. The van der Waals surface area contributed by atoms with E-state index in [0.717, 1.165) is 38.5 Å². The van der Waals surface area contributed by atoms with Crippen molar-refractivity contribution in [1.29, 1.82) is 0 Å². The van der Waals surface area contributed by atoms with E-state index in [-0.39, 0.29) is 0 Å². The number of hydrogen-bond acceptors (Lipinski definition) is 3. The Bertz CT molecular complexity index is 653. The Balaban J connectivity index is 1.39. The molecule has 1 aliphatic heterocycles. The van der Waals surface area contributed by atoms with Crippen molar-refractivity contribution in [2.24, 2.45) is 0 Å². The summed E-state index contributed by atoms with van der Waals surface area (Å²) in [7, 11) is 0. The molecule has 0 aliphatic carbocycles. The average molecular weight is 357 g/mol. The third-order valence-corrected chi connectivity index (χ3v) is 5.02. The van der Waals surface area contributed by atoms with Gasteiger partial charge in [0.05, 0.1) is 6.20 Å². The molecule has 140 valence electrons. The average Bonchev–Trinajstić information content (AvgIpc) is 2.68. The third kappa shape index (κ3) is 5.19. The van der Waals surface area contributed by atoms with Crippen LogP contribution in [0, 0.1) is 0 Å². The topological polar surface area (TPSA) is 51.3 Å². The van der Waals surface area contributed by atoms with Crippen LogP contribution < -0.4 is 19.5 Å². The van der Waals surface area contributed by atoms with E-state index in [2.05, 4.69) is 48.0 Å².